The zero-order valence-corrected chi connectivity index (χ0v) is 10.7. The average molecular weight is 221 g/mol. The maximum atomic E-state index is 9.79. The van der Waals surface area contributed by atoms with Gasteiger partial charge in [-0.1, -0.05) is 38.0 Å². The Morgan fingerprint density at radius 1 is 1.31 bits per heavy atom. The minimum absolute atomic E-state index is 0.203. The highest BCUT2D eigenvalue weighted by atomic mass is 16.3. The summed E-state index contributed by atoms with van der Waals surface area (Å²) in [4.78, 5) is 0. The quantitative estimate of drug-likeness (QED) is 0.798. The van der Waals surface area contributed by atoms with Crippen molar-refractivity contribution in [3.63, 3.8) is 0 Å². The van der Waals surface area contributed by atoms with Gasteiger partial charge >= 0.3 is 0 Å². The van der Waals surface area contributed by atoms with E-state index in [1.165, 1.54) is 12.0 Å². The lowest BCUT2D eigenvalue weighted by molar-refractivity contribution is 0.431. The summed E-state index contributed by atoms with van der Waals surface area (Å²) in [5.41, 5.74) is 2.17. The molecule has 0 saturated heterocycles. The number of nitrogens with one attached hydrogen (secondary N) is 1. The Hall–Kier alpha value is -1.02. The fourth-order valence-electron chi connectivity index (χ4n) is 1.65. The standard InChI is InChI=1S/C14H23NO/c1-5-10(2)9-15-12(4)13-8-11(3)6-7-14(13)16/h6-8,10,12,15-16H,5,9H2,1-4H3. The van der Waals surface area contributed by atoms with Crippen LogP contribution in [0.15, 0.2) is 18.2 Å². The van der Waals surface area contributed by atoms with Crippen LogP contribution in [0.3, 0.4) is 0 Å². The first-order valence-corrected chi connectivity index (χ1v) is 6.07. The van der Waals surface area contributed by atoms with Crippen molar-refractivity contribution in [3.05, 3.63) is 29.3 Å². The van der Waals surface area contributed by atoms with Gasteiger partial charge in [0.25, 0.3) is 0 Å². The van der Waals surface area contributed by atoms with E-state index in [1.807, 2.05) is 19.1 Å². The van der Waals surface area contributed by atoms with Crippen molar-refractivity contribution < 1.29 is 5.11 Å². The summed E-state index contributed by atoms with van der Waals surface area (Å²) in [5, 5.41) is 13.2. The van der Waals surface area contributed by atoms with Crippen LogP contribution in [0.1, 0.15) is 44.4 Å². The molecule has 2 heteroatoms. The molecule has 2 nitrogen and oxygen atoms in total. The van der Waals surface area contributed by atoms with Gasteiger partial charge in [-0.05, 0) is 32.4 Å². The highest BCUT2D eigenvalue weighted by Gasteiger charge is 2.10. The van der Waals surface area contributed by atoms with Gasteiger partial charge in [0.1, 0.15) is 5.75 Å². The van der Waals surface area contributed by atoms with Crippen LogP contribution in [0.2, 0.25) is 0 Å². The third-order valence-corrected chi connectivity index (χ3v) is 3.12. The third kappa shape index (κ3) is 3.53. The maximum absolute atomic E-state index is 9.79. The van der Waals surface area contributed by atoms with E-state index >= 15 is 0 Å². The van der Waals surface area contributed by atoms with Crippen molar-refractivity contribution in [1.82, 2.24) is 5.32 Å². The van der Waals surface area contributed by atoms with Gasteiger partial charge < -0.3 is 10.4 Å². The Morgan fingerprint density at radius 3 is 2.62 bits per heavy atom. The van der Waals surface area contributed by atoms with Gasteiger partial charge in [0, 0.05) is 11.6 Å². The molecule has 0 radical (unpaired) electrons. The van der Waals surface area contributed by atoms with E-state index in [4.69, 9.17) is 0 Å². The Balaban J connectivity index is 2.65. The molecule has 2 atom stereocenters. The minimum Gasteiger partial charge on any atom is -0.508 e. The molecule has 2 N–H and O–H groups in total. The van der Waals surface area contributed by atoms with Gasteiger partial charge in [-0.2, -0.15) is 0 Å². The lowest BCUT2D eigenvalue weighted by atomic mass is 10.0. The summed E-state index contributed by atoms with van der Waals surface area (Å²) in [6, 6.07) is 5.95. The molecule has 0 amide bonds. The second-order valence-electron chi connectivity index (χ2n) is 4.71. The molecule has 0 spiro atoms. The number of aromatic hydroxyl groups is 1. The smallest absolute Gasteiger partial charge is 0.120 e. The van der Waals surface area contributed by atoms with Crippen molar-refractivity contribution in [2.24, 2.45) is 5.92 Å². The molecule has 0 aliphatic heterocycles. The van der Waals surface area contributed by atoms with Crippen molar-refractivity contribution >= 4 is 0 Å². The number of hydrogen-bond donors (Lipinski definition) is 2. The fourth-order valence-corrected chi connectivity index (χ4v) is 1.65. The summed E-state index contributed by atoms with van der Waals surface area (Å²) in [6.07, 6.45) is 1.18. The van der Waals surface area contributed by atoms with E-state index < -0.39 is 0 Å². The number of rotatable bonds is 5. The van der Waals surface area contributed by atoms with E-state index in [-0.39, 0.29) is 6.04 Å². The monoisotopic (exact) mass is 221 g/mol. The van der Waals surface area contributed by atoms with Crippen LogP contribution in [-0.4, -0.2) is 11.7 Å². The van der Waals surface area contributed by atoms with Crippen LogP contribution in [0.5, 0.6) is 5.75 Å². The lowest BCUT2D eigenvalue weighted by Crippen LogP contribution is -2.24. The van der Waals surface area contributed by atoms with Crippen LogP contribution in [0.25, 0.3) is 0 Å². The van der Waals surface area contributed by atoms with Gasteiger partial charge in [0.15, 0.2) is 0 Å². The first kappa shape index (κ1) is 13.0. The molecule has 0 aromatic heterocycles. The van der Waals surface area contributed by atoms with E-state index in [1.54, 1.807) is 6.07 Å². The van der Waals surface area contributed by atoms with E-state index in [0.717, 1.165) is 12.1 Å². The Morgan fingerprint density at radius 2 is 2.00 bits per heavy atom. The molecule has 0 bridgehead atoms. The van der Waals surface area contributed by atoms with Gasteiger partial charge in [0.2, 0.25) is 0 Å². The van der Waals surface area contributed by atoms with Crippen LogP contribution in [0.4, 0.5) is 0 Å². The van der Waals surface area contributed by atoms with Crippen LogP contribution >= 0.6 is 0 Å². The van der Waals surface area contributed by atoms with Gasteiger partial charge in [-0.15, -0.1) is 0 Å². The molecule has 16 heavy (non-hydrogen) atoms. The molecule has 0 aliphatic carbocycles. The molecule has 1 rings (SSSR count). The van der Waals surface area contributed by atoms with Crippen molar-refractivity contribution in [2.45, 2.75) is 40.2 Å². The second kappa shape index (κ2) is 5.90. The normalized spacial score (nSPS) is 14.8. The van der Waals surface area contributed by atoms with Gasteiger partial charge in [-0.25, -0.2) is 0 Å². The zero-order valence-electron chi connectivity index (χ0n) is 10.7. The zero-order chi connectivity index (χ0) is 12.1. The SMILES string of the molecule is CCC(C)CNC(C)c1cc(C)ccc1O. The highest BCUT2D eigenvalue weighted by molar-refractivity contribution is 5.37. The largest absolute Gasteiger partial charge is 0.508 e. The Bertz CT molecular complexity index is 336. The minimum atomic E-state index is 0.203. The summed E-state index contributed by atoms with van der Waals surface area (Å²) in [6.45, 7) is 9.56. The number of phenolic OH excluding ortho intramolecular Hbond substituents is 1. The molecule has 1 aromatic carbocycles. The predicted octanol–water partition coefficient (Wildman–Crippen LogP) is 3.40. The number of hydrogen-bond acceptors (Lipinski definition) is 2. The first-order valence-electron chi connectivity index (χ1n) is 6.07. The van der Waals surface area contributed by atoms with E-state index in [0.29, 0.717) is 11.7 Å². The van der Waals surface area contributed by atoms with Crippen LogP contribution in [0, 0.1) is 12.8 Å². The molecule has 0 aliphatic rings. The number of aryl methyl sites for hydroxylation is 1. The first-order chi connectivity index (χ1) is 7.54. The molecule has 2 unspecified atom stereocenters. The molecule has 90 valence electrons. The predicted molar refractivity (Wildman–Crippen MR) is 68.7 cm³/mol. The Labute approximate surface area is 98.7 Å². The van der Waals surface area contributed by atoms with Crippen LogP contribution in [-0.2, 0) is 0 Å². The molecule has 0 saturated carbocycles. The van der Waals surface area contributed by atoms with E-state index in [9.17, 15) is 5.11 Å². The van der Waals surface area contributed by atoms with Crippen molar-refractivity contribution in [1.29, 1.82) is 0 Å². The molecule has 0 fully saturated rings. The fraction of sp³-hybridized carbons (Fsp3) is 0.571. The summed E-state index contributed by atoms with van der Waals surface area (Å²) in [7, 11) is 0. The highest BCUT2D eigenvalue weighted by Crippen LogP contribution is 2.24. The third-order valence-electron chi connectivity index (χ3n) is 3.12. The molecule has 1 aromatic rings. The van der Waals surface area contributed by atoms with E-state index in [2.05, 4.69) is 26.1 Å². The summed E-state index contributed by atoms with van der Waals surface area (Å²) >= 11 is 0. The van der Waals surface area contributed by atoms with Gasteiger partial charge in [-0.3, -0.25) is 0 Å². The molecule has 0 heterocycles. The van der Waals surface area contributed by atoms with Crippen LogP contribution < -0.4 is 5.32 Å². The average Bonchev–Trinajstić information content (AvgIpc) is 2.28. The van der Waals surface area contributed by atoms with Crippen molar-refractivity contribution in [3.8, 4) is 5.75 Å². The van der Waals surface area contributed by atoms with Gasteiger partial charge in [0.05, 0.1) is 0 Å². The topological polar surface area (TPSA) is 32.3 Å². The Kier molecular flexibility index (Phi) is 4.81. The molecular formula is C14H23NO. The lowest BCUT2D eigenvalue weighted by Gasteiger charge is -2.18. The summed E-state index contributed by atoms with van der Waals surface area (Å²) in [5.74, 6) is 1.06. The summed E-state index contributed by atoms with van der Waals surface area (Å²) < 4.78 is 0. The number of benzene rings is 1. The van der Waals surface area contributed by atoms with Crippen molar-refractivity contribution in [2.75, 3.05) is 6.54 Å². The molecular weight excluding hydrogens is 198 g/mol. The second-order valence-corrected chi connectivity index (χ2v) is 4.71. The number of phenols is 1. The maximum Gasteiger partial charge on any atom is 0.120 e.